The molecule has 0 heterocycles. The van der Waals surface area contributed by atoms with Gasteiger partial charge in [0.25, 0.3) is 0 Å². The molecule has 0 bridgehead atoms. The van der Waals surface area contributed by atoms with Gasteiger partial charge < -0.3 is 15.2 Å². The maximum atomic E-state index is 13.2. The number of hydrogen-bond donors (Lipinski definition) is 2. The highest BCUT2D eigenvalue weighted by Gasteiger charge is 2.38. The van der Waals surface area contributed by atoms with Gasteiger partial charge in [-0.2, -0.15) is 0 Å². The molecule has 0 saturated heterocycles. The van der Waals surface area contributed by atoms with E-state index in [9.17, 15) is 14.7 Å². The van der Waals surface area contributed by atoms with Gasteiger partial charge in [0.05, 0.1) is 25.0 Å². The third-order valence-corrected chi connectivity index (χ3v) is 5.79. The van der Waals surface area contributed by atoms with Crippen LogP contribution in [0.1, 0.15) is 43.9 Å². The van der Waals surface area contributed by atoms with Crippen molar-refractivity contribution < 1.29 is 19.4 Å². The lowest BCUT2D eigenvalue weighted by Gasteiger charge is -2.31. The summed E-state index contributed by atoms with van der Waals surface area (Å²) in [4.78, 5) is 25.0. The Labute approximate surface area is 171 Å². The van der Waals surface area contributed by atoms with Crippen LogP contribution in [0.15, 0.2) is 65.7 Å². The van der Waals surface area contributed by atoms with E-state index in [1.54, 1.807) is 7.11 Å². The average Bonchev–Trinajstić information content (AvgIpc) is 2.74. The van der Waals surface area contributed by atoms with Crippen molar-refractivity contribution in [3.63, 3.8) is 0 Å². The zero-order valence-corrected chi connectivity index (χ0v) is 17.0. The van der Waals surface area contributed by atoms with Crippen LogP contribution in [0.3, 0.4) is 0 Å². The molecule has 3 rings (SSSR count). The zero-order chi connectivity index (χ0) is 21.0. The van der Waals surface area contributed by atoms with E-state index in [1.165, 1.54) is 0 Å². The molecule has 2 aromatic rings. The van der Waals surface area contributed by atoms with Crippen LogP contribution in [-0.2, 0) is 9.59 Å². The average molecular weight is 393 g/mol. The van der Waals surface area contributed by atoms with E-state index in [0.717, 1.165) is 28.0 Å². The van der Waals surface area contributed by atoms with E-state index in [2.05, 4.69) is 5.32 Å². The minimum Gasteiger partial charge on any atom is -0.497 e. The number of carboxylic acids is 1. The molecule has 0 spiro atoms. The molecule has 2 aromatic carbocycles. The molecular weight excluding hydrogens is 366 g/mol. The first kappa shape index (κ1) is 20.6. The fourth-order valence-electron chi connectivity index (χ4n) is 3.88. The lowest BCUT2D eigenvalue weighted by atomic mass is 9.76. The van der Waals surface area contributed by atoms with Crippen molar-refractivity contribution in [2.75, 3.05) is 7.11 Å². The number of rotatable bonds is 6. The van der Waals surface area contributed by atoms with Crippen molar-refractivity contribution in [2.24, 2.45) is 11.8 Å². The number of carbonyl (C=O) groups is 2. The van der Waals surface area contributed by atoms with Crippen LogP contribution in [0, 0.1) is 11.8 Å². The quantitative estimate of drug-likeness (QED) is 0.716. The Morgan fingerprint density at radius 2 is 1.48 bits per heavy atom. The van der Waals surface area contributed by atoms with Gasteiger partial charge in [-0.3, -0.25) is 9.59 Å². The van der Waals surface area contributed by atoms with Crippen LogP contribution in [0.5, 0.6) is 5.75 Å². The van der Waals surface area contributed by atoms with Crippen molar-refractivity contribution in [3.05, 3.63) is 76.9 Å². The van der Waals surface area contributed by atoms with Gasteiger partial charge in [-0.15, -0.1) is 0 Å². The molecule has 3 atom stereocenters. The molecule has 5 heteroatoms. The standard InChI is InChI=1S/C24H27NO4/c1-15-13-20(21(24(27)28)14-16(15)2)23(26)25-22(17-7-5-4-6-8-17)18-9-11-19(29-3)12-10-18/h4-12,20-22H,13-14H2,1-3H3,(H,25,26)(H,27,28)/t20-,21+,22-/m0/s1. The third kappa shape index (κ3) is 4.67. The predicted molar refractivity (Wildman–Crippen MR) is 112 cm³/mol. The molecule has 29 heavy (non-hydrogen) atoms. The number of allylic oxidation sites excluding steroid dienone is 2. The summed E-state index contributed by atoms with van der Waals surface area (Å²) in [7, 11) is 1.61. The maximum Gasteiger partial charge on any atom is 0.307 e. The van der Waals surface area contributed by atoms with Crippen LogP contribution in [0.25, 0.3) is 0 Å². The highest BCUT2D eigenvalue weighted by Crippen LogP contribution is 2.35. The first-order valence-corrected chi connectivity index (χ1v) is 9.78. The van der Waals surface area contributed by atoms with Crippen molar-refractivity contribution >= 4 is 11.9 Å². The molecule has 0 aliphatic heterocycles. The zero-order valence-electron chi connectivity index (χ0n) is 17.0. The number of ether oxygens (including phenoxy) is 1. The van der Waals surface area contributed by atoms with Crippen molar-refractivity contribution in [1.29, 1.82) is 0 Å². The molecule has 1 aliphatic carbocycles. The SMILES string of the molecule is COc1ccc([C@@H](NC(=O)[C@H]2CC(C)=C(C)C[C@H]2C(=O)O)c2ccccc2)cc1. The van der Waals surface area contributed by atoms with Crippen LogP contribution < -0.4 is 10.1 Å². The highest BCUT2D eigenvalue weighted by molar-refractivity contribution is 5.86. The summed E-state index contributed by atoms with van der Waals surface area (Å²) >= 11 is 0. The normalized spacial score (nSPS) is 20.1. The van der Waals surface area contributed by atoms with Crippen LogP contribution >= 0.6 is 0 Å². The Balaban J connectivity index is 1.90. The van der Waals surface area contributed by atoms with Crippen molar-refractivity contribution in [3.8, 4) is 5.75 Å². The monoisotopic (exact) mass is 393 g/mol. The molecule has 152 valence electrons. The second-order valence-electron chi connectivity index (χ2n) is 7.65. The Morgan fingerprint density at radius 1 is 0.931 bits per heavy atom. The molecule has 0 radical (unpaired) electrons. The fraction of sp³-hybridized carbons (Fsp3) is 0.333. The minimum atomic E-state index is -0.919. The summed E-state index contributed by atoms with van der Waals surface area (Å²) in [6.45, 7) is 3.93. The Bertz CT molecular complexity index is 902. The van der Waals surface area contributed by atoms with Gasteiger partial charge in [-0.1, -0.05) is 53.6 Å². The number of aliphatic carboxylic acids is 1. The lowest BCUT2D eigenvalue weighted by Crippen LogP contribution is -2.41. The molecular formula is C24H27NO4. The molecule has 1 aliphatic rings. The second kappa shape index (κ2) is 8.95. The summed E-state index contributed by atoms with van der Waals surface area (Å²) in [5, 5.41) is 12.8. The molecule has 0 saturated carbocycles. The Hall–Kier alpha value is -3.08. The van der Waals surface area contributed by atoms with Crippen LogP contribution in [0.2, 0.25) is 0 Å². The van der Waals surface area contributed by atoms with Gasteiger partial charge >= 0.3 is 5.97 Å². The van der Waals surface area contributed by atoms with Crippen LogP contribution in [-0.4, -0.2) is 24.1 Å². The van der Waals surface area contributed by atoms with Gasteiger partial charge in [-0.25, -0.2) is 0 Å². The van der Waals surface area contributed by atoms with E-state index >= 15 is 0 Å². The van der Waals surface area contributed by atoms with E-state index < -0.39 is 17.8 Å². The maximum absolute atomic E-state index is 13.2. The van der Waals surface area contributed by atoms with Gasteiger partial charge in [-0.05, 0) is 49.9 Å². The number of carboxylic acid groups (broad SMARTS) is 1. The predicted octanol–water partition coefficient (Wildman–Crippen LogP) is 4.35. The number of hydrogen-bond acceptors (Lipinski definition) is 3. The molecule has 2 N–H and O–H groups in total. The third-order valence-electron chi connectivity index (χ3n) is 5.79. The first-order valence-electron chi connectivity index (χ1n) is 9.78. The molecule has 0 fully saturated rings. The van der Waals surface area contributed by atoms with Gasteiger partial charge in [0.2, 0.25) is 5.91 Å². The van der Waals surface area contributed by atoms with Gasteiger partial charge in [0.1, 0.15) is 5.75 Å². The summed E-state index contributed by atoms with van der Waals surface area (Å²) in [6, 6.07) is 16.9. The fourth-order valence-corrected chi connectivity index (χ4v) is 3.88. The minimum absolute atomic E-state index is 0.228. The Morgan fingerprint density at radius 3 is 2.03 bits per heavy atom. The summed E-state index contributed by atoms with van der Waals surface area (Å²) < 4.78 is 5.24. The topological polar surface area (TPSA) is 75.6 Å². The largest absolute Gasteiger partial charge is 0.497 e. The summed E-state index contributed by atoms with van der Waals surface area (Å²) in [5.74, 6) is -1.69. The van der Waals surface area contributed by atoms with Crippen molar-refractivity contribution in [1.82, 2.24) is 5.32 Å². The van der Waals surface area contributed by atoms with E-state index in [1.807, 2.05) is 68.4 Å². The highest BCUT2D eigenvalue weighted by atomic mass is 16.5. The first-order chi connectivity index (χ1) is 13.9. The van der Waals surface area contributed by atoms with Gasteiger partial charge in [0, 0.05) is 0 Å². The summed E-state index contributed by atoms with van der Waals surface area (Å²) in [6.07, 6.45) is 0.885. The van der Waals surface area contributed by atoms with E-state index in [-0.39, 0.29) is 11.9 Å². The number of carbonyl (C=O) groups excluding carboxylic acids is 1. The number of benzene rings is 2. The van der Waals surface area contributed by atoms with Crippen molar-refractivity contribution in [2.45, 2.75) is 32.7 Å². The van der Waals surface area contributed by atoms with E-state index in [0.29, 0.717) is 12.8 Å². The van der Waals surface area contributed by atoms with Crippen LogP contribution in [0.4, 0.5) is 0 Å². The second-order valence-corrected chi connectivity index (χ2v) is 7.65. The molecule has 5 nitrogen and oxygen atoms in total. The number of nitrogens with one attached hydrogen (secondary N) is 1. The van der Waals surface area contributed by atoms with Gasteiger partial charge in [0.15, 0.2) is 0 Å². The molecule has 0 unspecified atom stereocenters. The molecule has 0 aromatic heterocycles. The Kier molecular flexibility index (Phi) is 6.37. The number of amides is 1. The van der Waals surface area contributed by atoms with E-state index in [4.69, 9.17) is 4.74 Å². The molecule has 1 amide bonds. The number of methoxy groups -OCH3 is 1. The lowest BCUT2D eigenvalue weighted by molar-refractivity contribution is -0.147. The summed E-state index contributed by atoms with van der Waals surface area (Å²) in [5.41, 5.74) is 4.02. The smallest absolute Gasteiger partial charge is 0.307 e.